The molecule has 0 unspecified atom stereocenters. The van der Waals surface area contributed by atoms with Gasteiger partial charge in [-0.3, -0.25) is 9.20 Å². The highest BCUT2D eigenvalue weighted by atomic mass is 16.5. The molecule has 0 saturated carbocycles. The number of nitrogens with one attached hydrogen (secondary N) is 1. The van der Waals surface area contributed by atoms with E-state index >= 15 is 0 Å². The SMILES string of the molecule is CCOC(=O)CNc1c(-c2cccc(O)c2)nc2cccc(C)n12. The van der Waals surface area contributed by atoms with Crippen LogP contribution in [0.4, 0.5) is 5.82 Å². The van der Waals surface area contributed by atoms with E-state index in [-0.39, 0.29) is 18.3 Å². The lowest BCUT2D eigenvalue weighted by molar-refractivity contribution is -0.140. The Balaban J connectivity index is 2.09. The molecular formula is C18H19N3O3. The summed E-state index contributed by atoms with van der Waals surface area (Å²) in [6.07, 6.45) is 0. The van der Waals surface area contributed by atoms with Crippen LogP contribution in [0.25, 0.3) is 16.9 Å². The molecule has 0 saturated heterocycles. The van der Waals surface area contributed by atoms with Crippen LogP contribution < -0.4 is 5.32 Å². The average Bonchev–Trinajstić information content (AvgIpc) is 2.93. The van der Waals surface area contributed by atoms with Gasteiger partial charge in [0.25, 0.3) is 0 Å². The highest BCUT2D eigenvalue weighted by molar-refractivity contribution is 5.81. The predicted octanol–water partition coefficient (Wildman–Crippen LogP) is 2.99. The van der Waals surface area contributed by atoms with Crippen LogP contribution in [0.2, 0.25) is 0 Å². The number of phenolic OH excluding ortho intramolecular Hbond substituents is 1. The number of anilines is 1. The average molecular weight is 325 g/mol. The van der Waals surface area contributed by atoms with Crippen molar-refractivity contribution in [1.29, 1.82) is 0 Å². The van der Waals surface area contributed by atoms with Crippen LogP contribution in [-0.4, -0.2) is 33.6 Å². The Morgan fingerprint density at radius 1 is 1.29 bits per heavy atom. The molecule has 0 aliphatic rings. The van der Waals surface area contributed by atoms with Gasteiger partial charge in [-0.1, -0.05) is 18.2 Å². The van der Waals surface area contributed by atoms with Crippen LogP contribution in [0.5, 0.6) is 5.75 Å². The molecule has 3 rings (SSSR count). The highest BCUT2D eigenvalue weighted by Crippen LogP contribution is 2.31. The minimum atomic E-state index is -0.331. The van der Waals surface area contributed by atoms with Crippen molar-refractivity contribution in [1.82, 2.24) is 9.38 Å². The molecule has 2 N–H and O–H groups in total. The van der Waals surface area contributed by atoms with Crippen molar-refractivity contribution in [3.8, 4) is 17.0 Å². The molecule has 0 radical (unpaired) electrons. The Hall–Kier alpha value is -3.02. The first-order valence-corrected chi connectivity index (χ1v) is 7.77. The van der Waals surface area contributed by atoms with Crippen molar-refractivity contribution >= 4 is 17.4 Å². The third-order valence-corrected chi connectivity index (χ3v) is 3.66. The van der Waals surface area contributed by atoms with Gasteiger partial charge in [-0.2, -0.15) is 0 Å². The van der Waals surface area contributed by atoms with E-state index in [1.807, 2.05) is 35.6 Å². The van der Waals surface area contributed by atoms with Crippen LogP contribution in [-0.2, 0) is 9.53 Å². The maximum Gasteiger partial charge on any atom is 0.325 e. The molecule has 0 aliphatic heterocycles. The molecule has 0 amide bonds. The number of ether oxygens (including phenoxy) is 1. The topological polar surface area (TPSA) is 75.9 Å². The lowest BCUT2D eigenvalue weighted by Crippen LogP contribution is -2.18. The van der Waals surface area contributed by atoms with E-state index in [1.54, 1.807) is 25.1 Å². The maximum atomic E-state index is 11.7. The largest absolute Gasteiger partial charge is 0.508 e. The number of benzene rings is 1. The van der Waals surface area contributed by atoms with Gasteiger partial charge in [0.2, 0.25) is 0 Å². The molecule has 24 heavy (non-hydrogen) atoms. The van der Waals surface area contributed by atoms with E-state index in [0.29, 0.717) is 18.1 Å². The number of carbonyl (C=O) groups is 1. The highest BCUT2D eigenvalue weighted by Gasteiger charge is 2.16. The van der Waals surface area contributed by atoms with Crippen molar-refractivity contribution in [3.63, 3.8) is 0 Å². The Kier molecular flexibility index (Phi) is 4.37. The van der Waals surface area contributed by atoms with Gasteiger partial charge in [-0.05, 0) is 38.1 Å². The van der Waals surface area contributed by atoms with Gasteiger partial charge in [0.15, 0.2) is 0 Å². The van der Waals surface area contributed by atoms with E-state index in [1.165, 1.54) is 0 Å². The summed E-state index contributed by atoms with van der Waals surface area (Å²) in [4.78, 5) is 16.4. The summed E-state index contributed by atoms with van der Waals surface area (Å²) in [5.41, 5.74) is 3.19. The number of fused-ring (bicyclic) bond motifs is 1. The Bertz CT molecular complexity index is 886. The standard InChI is InChI=1S/C18H19N3O3/c1-3-24-16(23)11-19-18-17(13-7-5-8-14(22)10-13)20-15-9-4-6-12(2)21(15)18/h4-10,19,22H,3,11H2,1-2H3. The van der Waals surface area contributed by atoms with Gasteiger partial charge in [-0.25, -0.2) is 4.98 Å². The number of aromatic hydroxyl groups is 1. The molecule has 6 nitrogen and oxygen atoms in total. The predicted molar refractivity (Wildman–Crippen MR) is 92.2 cm³/mol. The van der Waals surface area contributed by atoms with Gasteiger partial charge in [0.05, 0.1) is 6.61 Å². The molecule has 3 aromatic rings. The fraction of sp³-hybridized carbons (Fsp3) is 0.222. The zero-order valence-corrected chi connectivity index (χ0v) is 13.6. The van der Waals surface area contributed by atoms with Crippen LogP contribution in [0.1, 0.15) is 12.6 Å². The number of hydrogen-bond acceptors (Lipinski definition) is 5. The third kappa shape index (κ3) is 3.03. The third-order valence-electron chi connectivity index (χ3n) is 3.66. The number of nitrogens with zero attached hydrogens (tertiary/aromatic N) is 2. The number of hydrogen-bond donors (Lipinski definition) is 2. The minimum absolute atomic E-state index is 0.0434. The van der Waals surface area contributed by atoms with E-state index < -0.39 is 0 Å². The molecule has 2 heterocycles. The van der Waals surface area contributed by atoms with Gasteiger partial charge < -0.3 is 15.2 Å². The van der Waals surface area contributed by atoms with Crippen LogP contribution in [0.3, 0.4) is 0 Å². The molecule has 0 bridgehead atoms. The van der Waals surface area contributed by atoms with Crippen molar-refractivity contribution in [2.24, 2.45) is 0 Å². The van der Waals surface area contributed by atoms with Crippen LogP contribution in [0, 0.1) is 6.92 Å². The van der Waals surface area contributed by atoms with Gasteiger partial charge in [-0.15, -0.1) is 0 Å². The van der Waals surface area contributed by atoms with Crippen molar-refractivity contribution in [2.45, 2.75) is 13.8 Å². The lowest BCUT2D eigenvalue weighted by Gasteiger charge is -2.10. The number of imidazole rings is 1. The molecular weight excluding hydrogens is 306 g/mol. The first kappa shape index (κ1) is 15.9. The summed E-state index contributed by atoms with van der Waals surface area (Å²) in [5, 5.41) is 12.9. The minimum Gasteiger partial charge on any atom is -0.508 e. The molecule has 0 fully saturated rings. The van der Waals surface area contributed by atoms with E-state index in [0.717, 1.165) is 16.9 Å². The van der Waals surface area contributed by atoms with Gasteiger partial charge in [0, 0.05) is 11.3 Å². The fourth-order valence-electron chi connectivity index (χ4n) is 2.64. The second-order valence-electron chi connectivity index (χ2n) is 5.38. The molecule has 1 aromatic carbocycles. The first-order valence-electron chi connectivity index (χ1n) is 7.77. The molecule has 0 aliphatic carbocycles. The number of carbonyl (C=O) groups excluding carboxylic acids is 1. The molecule has 0 atom stereocenters. The molecule has 2 aromatic heterocycles. The Morgan fingerprint density at radius 2 is 2.08 bits per heavy atom. The van der Waals surface area contributed by atoms with Crippen molar-refractivity contribution in [2.75, 3.05) is 18.5 Å². The number of phenols is 1. The quantitative estimate of drug-likeness (QED) is 0.705. The summed E-state index contributed by atoms with van der Waals surface area (Å²) in [6, 6.07) is 12.7. The maximum absolute atomic E-state index is 11.7. The van der Waals surface area contributed by atoms with E-state index in [4.69, 9.17) is 4.74 Å². The zero-order valence-electron chi connectivity index (χ0n) is 13.6. The molecule has 6 heteroatoms. The summed E-state index contributed by atoms with van der Waals surface area (Å²) < 4.78 is 6.92. The van der Waals surface area contributed by atoms with Crippen LogP contribution >= 0.6 is 0 Å². The Morgan fingerprint density at radius 3 is 2.83 bits per heavy atom. The summed E-state index contributed by atoms with van der Waals surface area (Å²) in [7, 11) is 0. The summed E-state index contributed by atoms with van der Waals surface area (Å²) >= 11 is 0. The second-order valence-corrected chi connectivity index (χ2v) is 5.38. The van der Waals surface area contributed by atoms with E-state index in [9.17, 15) is 9.90 Å². The monoisotopic (exact) mass is 325 g/mol. The number of pyridine rings is 1. The zero-order chi connectivity index (χ0) is 17.1. The van der Waals surface area contributed by atoms with Gasteiger partial charge in [0.1, 0.15) is 29.5 Å². The lowest BCUT2D eigenvalue weighted by atomic mass is 10.1. The van der Waals surface area contributed by atoms with Crippen molar-refractivity contribution in [3.05, 3.63) is 48.2 Å². The first-order chi connectivity index (χ1) is 11.6. The number of esters is 1. The molecule has 124 valence electrons. The fourth-order valence-corrected chi connectivity index (χ4v) is 2.64. The normalized spacial score (nSPS) is 10.8. The number of rotatable bonds is 5. The summed E-state index contributed by atoms with van der Waals surface area (Å²) in [6.45, 7) is 4.12. The van der Waals surface area contributed by atoms with Gasteiger partial charge >= 0.3 is 5.97 Å². The number of aryl methyl sites for hydroxylation is 1. The number of aromatic nitrogens is 2. The Labute approximate surface area is 139 Å². The molecule has 0 spiro atoms. The summed E-state index contributed by atoms with van der Waals surface area (Å²) in [5.74, 6) is 0.530. The second kappa shape index (κ2) is 6.62. The van der Waals surface area contributed by atoms with Crippen LogP contribution in [0.15, 0.2) is 42.5 Å². The smallest absolute Gasteiger partial charge is 0.325 e. The van der Waals surface area contributed by atoms with Crippen molar-refractivity contribution < 1.29 is 14.6 Å². The van der Waals surface area contributed by atoms with E-state index in [2.05, 4.69) is 10.3 Å².